The van der Waals surface area contributed by atoms with Crippen molar-refractivity contribution in [3.05, 3.63) is 29.8 Å². The van der Waals surface area contributed by atoms with Gasteiger partial charge in [0.05, 0.1) is 29.9 Å². The van der Waals surface area contributed by atoms with Crippen molar-refractivity contribution in [2.45, 2.75) is 17.9 Å². The second-order valence-electron chi connectivity index (χ2n) is 4.82. The molecule has 0 aromatic heterocycles. The van der Waals surface area contributed by atoms with Crippen LogP contribution in [0.15, 0.2) is 29.2 Å². The lowest BCUT2D eigenvalue weighted by Crippen LogP contribution is -2.47. The molecule has 0 bridgehead atoms. The largest absolute Gasteiger partial charge is 0.465 e. The van der Waals surface area contributed by atoms with E-state index in [2.05, 4.69) is 0 Å². The van der Waals surface area contributed by atoms with Crippen LogP contribution >= 0.6 is 0 Å². The van der Waals surface area contributed by atoms with E-state index in [4.69, 9.17) is 9.84 Å². The molecule has 1 saturated heterocycles. The normalized spacial score (nSPS) is 19.9. The molecule has 110 valence electrons. The summed E-state index contributed by atoms with van der Waals surface area (Å²) >= 11 is 0. The molecule has 1 aromatic carbocycles. The zero-order chi connectivity index (χ0) is 14.8. The molecule has 1 fully saturated rings. The Kier molecular flexibility index (Phi) is 4.29. The number of nitrogens with zero attached hydrogens (tertiary/aromatic N) is 1. The van der Waals surface area contributed by atoms with Gasteiger partial charge >= 0.3 is 6.09 Å². The third-order valence-electron chi connectivity index (χ3n) is 3.19. The van der Waals surface area contributed by atoms with Crippen LogP contribution in [-0.2, 0) is 14.6 Å². The molecule has 0 radical (unpaired) electrons. The second kappa shape index (κ2) is 5.80. The zero-order valence-corrected chi connectivity index (χ0v) is 12.0. The number of aryl methyl sites for hydroxylation is 1. The van der Waals surface area contributed by atoms with Crippen LogP contribution < -0.4 is 0 Å². The molecule has 0 aliphatic carbocycles. The van der Waals surface area contributed by atoms with Crippen LogP contribution in [-0.4, -0.2) is 56.1 Å². The van der Waals surface area contributed by atoms with Crippen molar-refractivity contribution in [1.82, 2.24) is 4.90 Å². The van der Waals surface area contributed by atoms with E-state index in [1.807, 2.05) is 6.92 Å². The first-order valence-corrected chi connectivity index (χ1v) is 7.92. The van der Waals surface area contributed by atoms with Crippen LogP contribution in [0.2, 0.25) is 0 Å². The maximum absolute atomic E-state index is 12.2. The number of carboxylic acid groups (broad SMARTS) is 1. The van der Waals surface area contributed by atoms with Crippen LogP contribution in [0, 0.1) is 6.92 Å². The molecule has 2 rings (SSSR count). The molecular weight excluding hydrogens is 282 g/mol. The number of ether oxygens (including phenoxy) is 1. The maximum Gasteiger partial charge on any atom is 0.407 e. The van der Waals surface area contributed by atoms with Crippen molar-refractivity contribution < 1.29 is 23.1 Å². The van der Waals surface area contributed by atoms with Crippen LogP contribution in [0.5, 0.6) is 0 Å². The minimum Gasteiger partial charge on any atom is -0.465 e. The average molecular weight is 299 g/mol. The van der Waals surface area contributed by atoms with Gasteiger partial charge in [0.15, 0.2) is 9.84 Å². The van der Waals surface area contributed by atoms with Gasteiger partial charge in [-0.25, -0.2) is 13.2 Å². The highest BCUT2D eigenvalue weighted by molar-refractivity contribution is 7.91. The first kappa shape index (κ1) is 14.8. The van der Waals surface area contributed by atoms with E-state index < -0.39 is 22.0 Å². The second-order valence-corrected chi connectivity index (χ2v) is 6.85. The lowest BCUT2D eigenvalue weighted by Gasteiger charge is -2.30. The van der Waals surface area contributed by atoms with Gasteiger partial charge in [-0.2, -0.15) is 0 Å². The quantitative estimate of drug-likeness (QED) is 0.905. The fraction of sp³-hybridized carbons (Fsp3) is 0.462. The molecule has 7 heteroatoms. The molecule has 20 heavy (non-hydrogen) atoms. The van der Waals surface area contributed by atoms with Crippen LogP contribution in [0.4, 0.5) is 4.79 Å². The van der Waals surface area contributed by atoms with E-state index in [0.29, 0.717) is 0 Å². The molecule has 6 nitrogen and oxygen atoms in total. The van der Waals surface area contributed by atoms with Gasteiger partial charge in [0.2, 0.25) is 0 Å². The van der Waals surface area contributed by atoms with Gasteiger partial charge in [-0.1, -0.05) is 17.7 Å². The Labute approximate surface area is 117 Å². The lowest BCUT2D eigenvalue weighted by molar-refractivity contribution is -0.0103. The van der Waals surface area contributed by atoms with E-state index in [-0.39, 0.29) is 30.3 Å². The van der Waals surface area contributed by atoms with Crippen molar-refractivity contribution in [3.63, 3.8) is 0 Å². The van der Waals surface area contributed by atoms with Crippen LogP contribution in [0.3, 0.4) is 0 Å². The highest BCUT2D eigenvalue weighted by atomic mass is 32.2. The van der Waals surface area contributed by atoms with Gasteiger partial charge in [0, 0.05) is 6.54 Å². The van der Waals surface area contributed by atoms with Gasteiger partial charge in [-0.05, 0) is 19.1 Å². The summed E-state index contributed by atoms with van der Waals surface area (Å²) in [5.41, 5.74) is 0.981. The van der Waals surface area contributed by atoms with E-state index >= 15 is 0 Å². The Morgan fingerprint density at radius 2 is 2.05 bits per heavy atom. The third-order valence-corrected chi connectivity index (χ3v) is 5.00. The number of rotatable bonds is 3. The smallest absolute Gasteiger partial charge is 0.407 e. The predicted octanol–water partition coefficient (Wildman–Crippen LogP) is 1.15. The summed E-state index contributed by atoms with van der Waals surface area (Å²) in [6.07, 6.45) is -1.67. The standard InChI is InChI=1S/C13H17NO5S/c1-10-2-4-12(5-3-10)20(17,18)9-11-8-14(13(15)16)6-7-19-11/h2-5,11H,6-9H2,1H3,(H,15,16)/t11-/m0/s1. The molecule has 0 saturated carbocycles. The van der Waals surface area contributed by atoms with Gasteiger partial charge < -0.3 is 14.7 Å². The van der Waals surface area contributed by atoms with Gasteiger partial charge in [-0.15, -0.1) is 0 Å². The van der Waals surface area contributed by atoms with Gasteiger partial charge in [-0.3, -0.25) is 0 Å². The average Bonchev–Trinajstić information content (AvgIpc) is 2.39. The topological polar surface area (TPSA) is 83.9 Å². The molecule has 1 heterocycles. The van der Waals surface area contributed by atoms with E-state index in [1.165, 1.54) is 4.90 Å². The molecule has 1 atom stereocenters. The molecule has 1 aliphatic rings. The molecule has 1 N–H and O–H groups in total. The minimum absolute atomic E-state index is 0.0838. The van der Waals surface area contributed by atoms with Gasteiger partial charge in [0.1, 0.15) is 0 Å². The minimum atomic E-state index is -3.47. The molecule has 1 aromatic rings. The lowest BCUT2D eigenvalue weighted by atomic mass is 10.2. The maximum atomic E-state index is 12.2. The predicted molar refractivity (Wildman–Crippen MR) is 72.6 cm³/mol. The Morgan fingerprint density at radius 1 is 1.40 bits per heavy atom. The van der Waals surface area contributed by atoms with Crippen LogP contribution in [0.1, 0.15) is 5.56 Å². The summed E-state index contributed by atoms with van der Waals surface area (Å²) in [6.45, 7) is 2.46. The monoisotopic (exact) mass is 299 g/mol. The highest BCUT2D eigenvalue weighted by Crippen LogP contribution is 2.16. The fourth-order valence-electron chi connectivity index (χ4n) is 2.08. The third kappa shape index (κ3) is 3.49. The summed E-state index contributed by atoms with van der Waals surface area (Å²) in [6, 6.07) is 6.58. The van der Waals surface area contributed by atoms with E-state index in [1.54, 1.807) is 24.3 Å². The number of hydrogen-bond donors (Lipinski definition) is 1. The SMILES string of the molecule is Cc1ccc(S(=O)(=O)C[C@@H]2CN(C(=O)O)CCO2)cc1. The number of amides is 1. The van der Waals surface area contributed by atoms with Crippen molar-refractivity contribution in [2.24, 2.45) is 0 Å². The fourth-order valence-corrected chi connectivity index (χ4v) is 3.51. The Hall–Kier alpha value is -1.60. The first-order chi connectivity index (χ1) is 9.38. The van der Waals surface area contributed by atoms with Crippen molar-refractivity contribution in [3.8, 4) is 0 Å². The summed E-state index contributed by atoms with van der Waals surface area (Å²) in [7, 11) is -3.47. The van der Waals surface area contributed by atoms with Crippen molar-refractivity contribution in [1.29, 1.82) is 0 Å². The van der Waals surface area contributed by atoms with E-state index in [0.717, 1.165) is 5.56 Å². The number of morpholine rings is 1. The number of benzene rings is 1. The Morgan fingerprint density at radius 3 is 2.65 bits per heavy atom. The molecule has 0 unspecified atom stereocenters. The summed E-state index contributed by atoms with van der Waals surface area (Å²) in [4.78, 5) is 12.3. The van der Waals surface area contributed by atoms with Crippen LogP contribution in [0.25, 0.3) is 0 Å². The summed E-state index contributed by atoms with van der Waals surface area (Å²) < 4.78 is 29.8. The van der Waals surface area contributed by atoms with Gasteiger partial charge in [0.25, 0.3) is 0 Å². The first-order valence-electron chi connectivity index (χ1n) is 6.27. The number of hydrogen-bond acceptors (Lipinski definition) is 4. The summed E-state index contributed by atoms with van der Waals surface area (Å²) in [5, 5.41) is 8.92. The zero-order valence-electron chi connectivity index (χ0n) is 11.2. The van der Waals surface area contributed by atoms with E-state index in [9.17, 15) is 13.2 Å². The number of sulfone groups is 1. The summed E-state index contributed by atoms with van der Waals surface area (Å²) in [5.74, 6) is -0.208. The van der Waals surface area contributed by atoms with Crippen molar-refractivity contribution >= 4 is 15.9 Å². The van der Waals surface area contributed by atoms with Crippen molar-refractivity contribution in [2.75, 3.05) is 25.4 Å². The molecule has 1 aliphatic heterocycles. The molecular formula is C13H17NO5S. The highest BCUT2D eigenvalue weighted by Gasteiger charge is 2.28. The molecule has 0 spiro atoms. The number of carbonyl (C=O) groups is 1. The Balaban J connectivity index is 2.08. The Bertz CT molecular complexity index is 581. The molecule has 1 amide bonds.